The van der Waals surface area contributed by atoms with Gasteiger partial charge in [0.2, 0.25) is 0 Å². The van der Waals surface area contributed by atoms with Crippen molar-refractivity contribution in [1.82, 2.24) is 4.57 Å². The fourth-order valence-electron chi connectivity index (χ4n) is 8.15. The SMILES string of the molecule is c1ccc(-c2ccc(-c3cccc4c3c3ccccc3n4-c3ccccc3-c3ccc(N(c4ccccc4)c4ccc(-c5ccccc5)cc4)cc3)cc2)cc1. The fraction of sp³-hybridized carbons (Fsp3) is 0. The van der Waals surface area contributed by atoms with Crippen LogP contribution >= 0.6 is 0 Å². The first-order chi connectivity index (χ1) is 27.8. The Bertz CT molecular complexity index is 2910. The molecule has 2 nitrogen and oxygen atoms in total. The second-order valence-electron chi connectivity index (χ2n) is 14.1. The summed E-state index contributed by atoms with van der Waals surface area (Å²) in [6.45, 7) is 0. The summed E-state index contributed by atoms with van der Waals surface area (Å²) in [5.41, 5.74) is 16.5. The molecule has 9 aromatic carbocycles. The van der Waals surface area contributed by atoms with Gasteiger partial charge in [-0.1, -0.05) is 176 Å². The van der Waals surface area contributed by atoms with Gasteiger partial charge in [0.05, 0.1) is 16.7 Å². The molecule has 1 aromatic heterocycles. The predicted octanol–water partition coefficient (Wildman–Crippen LogP) is 14.9. The molecule has 0 fully saturated rings. The molecule has 0 unspecified atom stereocenters. The van der Waals surface area contributed by atoms with Gasteiger partial charge in [-0.15, -0.1) is 0 Å². The summed E-state index contributed by atoms with van der Waals surface area (Å²) >= 11 is 0. The molecule has 0 aliphatic heterocycles. The van der Waals surface area contributed by atoms with Crippen molar-refractivity contribution in [2.24, 2.45) is 0 Å². The van der Waals surface area contributed by atoms with Crippen molar-refractivity contribution in [2.75, 3.05) is 4.90 Å². The van der Waals surface area contributed by atoms with E-state index in [2.05, 4.69) is 240 Å². The molecule has 0 aliphatic rings. The lowest BCUT2D eigenvalue weighted by molar-refractivity contribution is 1.18. The van der Waals surface area contributed by atoms with E-state index in [1.807, 2.05) is 0 Å². The molecule has 10 aromatic rings. The van der Waals surface area contributed by atoms with Crippen LogP contribution in [0.4, 0.5) is 17.1 Å². The van der Waals surface area contributed by atoms with Gasteiger partial charge in [-0.05, 0) is 93.5 Å². The molecule has 0 bridgehead atoms. The van der Waals surface area contributed by atoms with Crippen LogP contribution in [0.1, 0.15) is 0 Å². The molecule has 56 heavy (non-hydrogen) atoms. The highest BCUT2D eigenvalue weighted by atomic mass is 15.1. The van der Waals surface area contributed by atoms with Crippen LogP contribution in [0.25, 0.3) is 72.0 Å². The zero-order valence-electron chi connectivity index (χ0n) is 30.8. The van der Waals surface area contributed by atoms with Crippen molar-refractivity contribution in [3.63, 3.8) is 0 Å². The van der Waals surface area contributed by atoms with Crippen molar-refractivity contribution in [3.05, 3.63) is 231 Å². The minimum atomic E-state index is 1.10. The lowest BCUT2D eigenvalue weighted by Gasteiger charge is -2.26. The summed E-state index contributed by atoms with van der Waals surface area (Å²) in [7, 11) is 0. The smallest absolute Gasteiger partial charge is 0.0547 e. The van der Waals surface area contributed by atoms with Gasteiger partial charge in [-0.25, -0.2) is 0 Å². The van der Waals surface area contributed by atoms with Crippen LogP contribution in [-0.2, 0) is 0 Å². The Labute approximate surface area is 327 Å². The van der Waals surface area contributed by atoms with E-state index in [9.17, 15) is 0 Å². The Kier molecular flexibility index (Phi) is 8.55. The average molecular weight is 715 g/mol. The van der Waals surface area contributed by atoms with Gasteiger partial charge in [-0.2, -0.15) is 0 Å². The molecule has 0 aliphatic carbocycles. The van der Waals surface area contributed by atoms with Crippen molar-refractivity contribution >= 4 is 38.9 Å². The second kappa shape index (κ2) is 14.4. The molecule has 264 valence electrons. The largest absolute Gasteiger partial charge is 0.311 e. The summed E-state index contributed by atoms with van der Waals surface area (Å²) in [6, 6.07) is 82.9. The van der Waals surface area contributed by atoms with E-state index >= 15 is 0 Å². The number of anilines is 3. The van der Waals surface area contributed by atoms with Crippen LogP contribution in [0, 0.1) is 0 Å². The summed E-state index contributed by atoms with van der Waals surface area (Å²) in [5, 5.41) is 2.50. The van der Waals surface area contributed by atoms with Crippen LogP contribution in [0.5, 0.6) is 0 Å². The normalized spacial score (nSPS) is 11.2. The van der Waals surface area contributed by atoms with Gasteiger partial charge in [0.1, 0.15) is 0 Å². The summed E-state index contributed by atoms with van der Waals surface area (Å²) in [5.74, 6) is 0. The zero-order valence-corrected chi connectivity index (χ0v) is 30.8. The van der Waals surface area contributed by atoms with Gasteiger partial charge in [0.15, 0.2) is 0 Å². The van der Waals surface area contributed by atoms with Gasteiger partial charge in [0.25, 0.3) is 0 Å². The Morgan fingerprint density at radius 1 is 0.268 bits per heavy atom. The summed E-state index contributed by atoms with van der Waals surface area (Å²) < 4.78 is 2.44. The number of hydrogen-bond donors (Lipinski definition) is 0. The Balaban J connectivity index is 1.05. The molecular weight excluding hydrogens is 677 g/mol. The van der Waals surface area contributed by atoms with Crippen molar-refractivity contribution < 1.29 is 0 Å². The van der Waals surface area contributed by atoms with Gasteiger partial charge in [-0.3, -0.25) is 0 Å². The first kappa shape index (κ1) is 33.2. The standard InChI is InChI=1S/C54H38N2/c1-4-15-39(16-5-1)41-27-29-44(30-28-41)49-23-14-26-53-54(49)50-22-11-13-25-52(50)56(53)51-24-12-10-21-48(51)43-33-37-47(38-34-43)55(45-19-8-3-9-20-45)46-35-31-42(32-36-46)40-17-6-2-7-18-40/h1-38H. The second-order valence-corrected chi connectivity index (χ2v) is 14.1. The highest BCUT2D eigenvalue weighted by Gasteiger charge is 2.19. The van der Waals surface area contributed by atoms with Gasteiger partial charge < -0.3 is 9.47 Å². The summed E-state index contributed by atoms with van der Waals surface area (Å²) in [4.78, 5) is 2.32. The quantitative estimate of drug-likeness (QED) is 0.152. The van der Waals surface area contributed by atoms with Crippen LogP contribution in [0.3, 0.4) is 0 Å². The average Bonchev–Trinajstić information content (AvgIpc) is 3.62. The highest BCUT2D eigenvalue weighted by molar-refractivity contribution is 6.16. The number of fused-ring (bicyclic) bond motifs is 3. The predicted molar refractivity (Wildman–Crippen MR) is 237 cm³/mol. The van der Waals surface area contributed by atoms with E-state index in [0.717, 1.165) is 28.3 Å². The highest BCUT2D eigenvalue weighted by Crippen LogP contribution is 2.42. The number of para-hydroxylation sites is 3. The topological polar surface area (TPSA) is 8.17 Å². The first-order valence-electron chi connectivity index (χ1n) is 19.2. The molecule has 0 saturated carbocycles. The Morgan fingerprint density at radius 3 is 1.32 bits per heavy atom. The minimum Gasteiger partial charge on any atom is -0.311 e. The number of benzene rings is 9. The lowest BCUT2D eigenvalue weighted by atomic mass is 9.97. The van der Waals surface area contributed by atoms with E-state index in [0.29, 0.717) is 0 Å². The third-order valence-electron chi connectivity index (χ3n) is 10.8. The van der Waals surface area contributed by atoms with E-state index in [-0.39, 0.29) is 0 Å². The molecule has 0 amide bonds. The van der Waals surface area contributed by atoms with Crippen LogP contribution in [0.2, 0.25) is 0 Å². The van der Waals surface area contributed by atoms with Crippen LogP contribution in [-0.4, -0.2) is 4.57 Å². The molecule has 0 spiro atoms. The maximum atomic E-state index is 2.44. The third-order valence-corrected chi connectivity index (χ3v) is 10.8. The molecule has 2 heteroatoms. The third kappa shape index (κ3) is 6.04. The fourth-order valence-corrected chi connectivity index (χ4v) is 8.15. The van der Waals surface area contributed by atoms with Crippen molar-refractivity contribution in [3.8, 4) is 50.2 Å². The monoisotopic (exact) mass is 714 g/mol. The van der Waals surface area contributed by atoms with E-state index in [1.54, 1.807) is 0 Å². The lowest BCUT2D eigenvalue weighted by Crippen LogP contribution is -2.09. The van der Waals surface area contributed by atoms with Gasteiger partial charge >= 0.3 is 0 Å². The minimum absolute atomic E-state index is 1.10. The molecule has 10 rings (SSSR count). The van der Waals surface area contributed by atoms with E-state index < -0.39 is 0 Å². The number of aromatic nitrogens is 1. The molecule has 0 radical (unpaired) electrons. The molecular formula is C54H38N2. The molecule has 0 N–H and O–H groups in total. The Hall–Kier alpha value is -7.42. The van der Waals surface area contributed by atoms with Crippen molar-refractivity contribution in [2.45, 2.75) is 0 Å². The van der Waals surface area contributed by atoms with Crippen molar-refractivity contribution in [1.29, 1.82) is 0 Å². The number of rotatable bonds is 8. The molecule has 1 heterocycles. The first-order valence-corrected chi connectivity index (χ1v) is 19.2. The van der Waals surface area contributed by atoms with Crippen LogP contribution < -0.4 is 4.90 Å². The van der Waals surface area contributed by atoms with E-state index in [4.69, 9.17) is 0 Å². The maximum Gasteiger partial charge on any atom is 0.0547 e. The van der Waals surface area contributed by atoms with E-state index in [1.165, 1.54) is 60.8 Å². The summed E-state index contributed by atoms with van der Waals surface area (Å²) in [6.07, 6.45) is 0. The molecule has 0 saturated heterocycles. The maximum absolute atomic E-state index is 2.44. The number of nitrogens with zero attached hydrogens (tertiary/aromatic N) is 2. The number of hydrogen-bond acceptors (Lipinski definition) is 1. The Morgan fingerprint density at radius 2 is 0.679 bits per heavy atom. The van der Waals surface area contributed by atoms with Crippen LogP contribution in [0.15, 0.2) is 231 Å². The molecule has 0 atom stereocenters. The van der Waals surface area contributed by atoms with Gasteiger partial charge in [0, 0.05) is 33.4 Å². The zero-order chi connectivity index (χ0) is 37.3.